The second-order valence-electron chi connectivity index (χ2n) is 11.1. The van der Waals surface area contributed by atoms with Crippen LogP contribution in [-0.2, 0) is 24.0 Å². The third-order valence-electron chi connectivity index (χ3n) is 6.19. The van der Waals surface area contributed by atoms with Gasteiger partial charge in [-0.1, -0.05) is 20.3 Å². The summed E-state index contributed by atoms with van der Waals surface area (Å²) in [6, 6.07) is -0.818. The zero-order valence-electron chi connectivity index (χ0n) is 23.4. The van der Waals surface area contributed by atoms with Crippen LogP contribution in [0.15, 0.2) is 0 Å². The molecule has 0 aromatic carbocycles. The second-order valence-corrected chi connectivity index (χ2v) is 12.4. The largest absolute Gasteiger partial charge is 0.353 e. The number of unbranched alkanes of at least 4 members (excludes halogenated alkanes) is 2. The summed E-state index contributed by atoms with van der Waals surface area (Å²) < 4.78 is 0. The van der Waals surface area contributed by atoms with Crippen molar-refractivity contribution in [2.75, 3.05) is 40.0 Å². The summed E-state index contributed by atoms with van der Waals surface area (Å²) in [6.07, 6.45) is 2.82. The normalized spacial score (nSPS) is 17.2. The molecule has 0 aromatic rings. The Morgan fingerprint density at radius 3 is 2.25 bits per heavy atom. The number of Topliss-reactive ketones (excluding diaryl/α,β-unsaturated/α-hetero) is 1. The predicted octanol–water partition coefficient (Wildman–Crippen LogP) is 2.33. The lowest BCUT2D eigenvalue weighted by molar-refractivity contribution is -0.143. The zero-order valence-corrected chi connectivity index (χ0v) is 24.2. The molecule has 0 aromatic heterocycles. The Bertz CT molecular complexity index is 794. The topological polar surface area (TPSA) is 107 Å². The quantitative estimate of drug-likeness (QED) is 0.258. The van der Waals surface area contributed by atoms with Crippen LogP contribution in [0.3, 0.4) is 0 Å². The fourth-order valence-corrected chi connectivity index (χ4v) is 5.09. The molecule has 1 fully saturated rings. The van der Waals surface area contributed by atoms with Crippen molar-refractivity contribution in [3.05, 3.63) is 0 Å². The van der Waals surface area contributed by atoms with Gasteiger partial charge in [0.25, 0.3) is 0 Å². The molecule has 2 unspecified atom stereocenters. The van der Waals surface area contributed by atoms with E-state index >= 15 is 0 Å². The molecule has 9 nitrogen and oxygen atoms in total. The first-order valence-corrected chi connectivity index (χ1v) is 13.9. The van der Waals surface area contributed by atoms with Gasteiger partial charge in [0, 0.05) is 50.9 Å². The minimum atomic E-state index is -0.818. The monoisotopic (exact) mass is 526 g/mol. The third-order valence-corrected chi connectivity index (χ3v) is 7.49. The molecule has 0 spiro atoms. The molecule has 2 atom stereocenters. The first kappa shape index (κ1) is 32.1. The van der Waals surface area contributed by atoms with Gasteiger partial charge in [-0.3, -0.25) is 28.9 Å². The van der Waals surface area contributed by atoms with Gasteiger partial charge < -0.3 is 15.1 Å². The molecule has 0 radical (unpaired) electrons. The summed E-state index contributed by atoms with van der Waals surface area (Å²) in [5.74, 6) is -0.214. The second kappa shape index (κ2) is 14.7. The van der Waals surface area contributed by atoms with Crippen LogP contribution in [0.25, 0.3) is 0 Å². The van der Waals surface area contributed by atoms with E-state index in [9.17, 15) is 24.0 Å². The number of nitrogens with zero attached hydrogens (tertiary/aromatic N) is 3. The van der Waals surface area contributed by atoms with Crippen LogP contribution in [0, 0.1) is 5.92 Å². The first-order chi connectivity index (χ1) is 16.7. The van der Waals surface area contributed by atoms with Crippen LogP contribution in [0.5, 0.6) is 0 Å². The summed E-state index contributed by atoms with van der Waals surface area (Å²) in [5, 5.41) is 2.52. The predicted molar refractivity (Wildman–Crippen MR) is 144 cm³/mol. The number of nitrogens with one attached hydrogen (secondary N) is 1. The van der Waals surface area contributed by atoms with E-state index in [0.29, 0.717) is 19.5 Å². The van der Waals surface area contributed by atoms with Gasteiger partial charge in [0.1, 0.15) is 11.8 Å². The Kier molecular flexibility index (Phi) is 13.1. The van der Waals surface area contributed by atoms with Crippen LogP contribution in [0.2, 0.25) is 0 Å². The molecule has 4 amide bonds. The minimum absolute atomic E-state index is 0.00403. The Hall–Kier alpha value is -1.94. The molecule has 0 aliphatic carbocycles. The van der Waals surface area contributed by atoms with E-state index in [1.807, 2.05) is 39.8 Å². The van der Waals surface area contributed by atoms with E-state index in [1.54, 1.807) is 20.9 Å². The van der Waals surface area contributed by atoms with Gasteiger partial charge in [0.05, 0.1) is 5.25 Å². The van der Waals surface area contributed by atoms with Crippen molar-refractivity contribution in [2.45, 2.75) is 90.0 Å². The summed E-state index contributed by atoms with van der Waals surface area (Å²) in [5.41, 5.74) is -0.503. The van der Waals surface area contributed by atoms with Crippen molar-refractivity contribution in [2.24, 2.45) is 5.92 Å². The van der Waals surface area contributed by atoms with E-state index in [2.05, 4.69) is 5.32 Å². The van der Waals surface area contributed by atoms with Crippen LogP contribution >= 0.6 is 11.8 Å². The van der Waals surface area contributed by atoms with E-state index in [1.165, 1.54) is 21.6 Å². The molecule has 1 saturated heterocycles. The van der Waals surface area contributed by atoms with E-state index in [-0.39, 0.29) is 59.8 Å². The third kappa shape index (κ3) is 10.2. The van der Waals surface area contributed by atoms with Crippen LogP contribution in [0.1, 0.15) is 73.1 Å². The van der Waals surface area contributed by atoms with E-state index in [4.69, 9.17) is 0 Å². The number of likely N-dealkylation sites (N-methyl/N-ethyl adjacent to an activating group) is 2. The fourth-order valence-electron chi connectivity index (χ4n) is 3.92. The first-order valence-electron chi connectivity index (χ1n) is 12.9. The fraction of sp³-hybridized carbons (Fsp3) is 0.808. The lowest BCUT2D eigenvalue weighted by atomic mass is 9.99. The number of hydrogen-bond acceptors (Lipinski definition) is 7. The smallest absolute Gasteiger partial charge is 0.243 e. The molecule has 10 heteroatoms. The highest BCUT2D eigenvalue weighted by Crippen LogP contribution is 2.31. The molecule has 0 saturated carbocycles. The number of imide groups is 1. The minimum Gasteiger partial charge on any atom is -0.353 e. The number of carbonyl (C=O) groups excluding carboxylic acids is 5. The van der Waals surface area contributed by atoms with Crippen LogP contribution in [-0.4, -0.2) is 101 Å². The number of amides is 4. The van der Waals surface area contributed by atoms with Crippen LogP contribution in [0.4, 0.5) is 0 Å². The lowest BCUT2D eigenvalue weighted by Gasteiger charge is -2.30. The average Bonchev–Trinajstić information content (AvgIpc) is 3.06. The van der Waals surface area contributed by atoms with Gasteiger partial charge in [-0.15, -0.1) is 11.8 Å². The summed E-state index contributed by atoms with van der Waals surface area (Å²) >= 11 is 1.51. The molecule has 36 heavy (non-hydrogen) atoms. The SMILES string of the molecule is CC(C)C(=O)CC(C(=O)NCCN(C)C)N(C)C(=O)CCCCCSC1CC(=O)N(C(C)(C)C)C1=O. The van der Waals surface area contributed by atoms with Gasteiger partial charge >= 0.3 is 0 Å². The number of hydrogen-bond donors (Lipinski definition) is 1. The van der Waals surface area contributed by atoms with Crippen molar-refractivity contribution in [1.29, 1.82) is 0 Å². The summed E-state index contributed by atoms with van der Waals surface area (Å²) in [6.45, 7) is 10.3. The number of ketones is 1. The van der Waals surface area contributed by atoms with Gasteiger partial charge in [-0.2, -0.15) is 0 Å². The molecule has 1 rings (SSSR count). The highest BCUT2D eigenvalue weighted by molar-refractivity contribution is 8.00. The van der Waals surface area contributed by atoms with E-state index in [0.717, 1.165) is 18.6 Å². The summed E-state index contributed by atoms with van der Waals surface area (Å²) in [4.78, 5) is 67.4. The number of likely N-dealkylation sites (tertiary alicyclic amines) is 1. The van der Waals surface area contributed by atoms with Crippen molar-refractivity contribution >= 4 is 41.2 Å². The number of thioether (sulfide) groups is 1. The Balaban J connectivity index is 2.49. The van der Waals surface area contributed by atoms with Crippen LogP contribution < -0.4 is 5.32 Å². The van der Waals surface area contributed by atoms with Gasteiger partial charge in [-0.05, 0) is 53.5 Å². The lowest BCUT2D eigenvalue weighted by Crippen LogP contribution is -2.50. The molecule has 1 heterocycles. The summed E-state index contributed by atoms with van der Waals surface area (Å²) in [7, 11) is 5.41. The molecule has 0 bridgehead atoms. The average molecular weight is 527 g/mol. The van der Waals surface area contributed by atoms with Crippen molar-refractivity contribution in [3.63, 3.8) is 0 Å². The van der Waals surface area contributed by atoms with Gasteiger partial charge in [0.15, 0.2) is 0 Å². The Morgan fingerprint density at radius 2 is 1.72 bits per heavy atom. The van der Waals surface area contributed by atoms with Gasteiger partial charge in [-0.25, -0.2) is 0 Å². The molecule has 1 aliphatic rings. The van der Waals surface area contributed by atoms with Gasteiger partial charge in [0.2, 0.25) is 23.6 Å². The highest BCUT2D eigenvalue weighted by atomic mass is 32.2. The Labute approximate surface area is 221 Å². The molecule has 1 N–H and O–H groups in total. The van der Waals surface area contributed by atoms with E-state index < -0.39 is 11.6 Å². The molecule has 1 aliphatic heterocycles. The van der Waals surface area contributed by atoms with Crippen molar-refractivity contribution < 1.29 is 24.0 Å². The highest BCUT2D eigenvalue weighted by Gasteiger charge is 2.44. The Morgan fingerprint density at radius 1 is 1.08 bits per heavy atom. The van der Waals surface area contributed by atoms with Crippen molar-refractivity contribution in [1.82, 2.24) is 20.0 Å². The standard InChI is InChI=1S/C26H46N4O5S/c1-18(2)20(31)16-19(24(34)27-13-14-28(6)7)29(8)22(32)12-10-9-11-15-36-21-17-23(33)30(25(21)35)26(3,4)5/h18-19,21H,9-17H2,1-8H3,(H,27,34). The molecular weight excluding hydrogens is 480 g/mol. The number of rotatable bonds is 15. The number of carbonyl (C=O) groups is 5. The maximum atomic E-state index is 12.8. The maximum Gasteiger partial charge on any atom is 0.243 e. The maximum absolute atomic E-state index is 12.8. The molecule has 206 valence electrons. The zero-order chi connectivity index (χ0) is 27.6. The molecular formula is C26H46N4O5S. The van der Waals surface area contributed by atoms with Crippen molar-refractivity contribution in [3.8, 4) is 0 Å².